The van der Waals surface area contributed by atoms with Crippen LogP contribution in [0.1, 0.15) is 50.5 Å². The second-order valence-corrected chi connectivity index (χ2v) is 11.1. The van der Waals surface area contributed by atoms with Gasteiger partial charge in [-0.15, -0.1) is 0 Å². The van der Waals surface area contributed by atoms with Crippen LogP contribution in [0.3, 0.4) is 0 Å². The minimum Gasteiger partial charge on any atom is -0.496 e. The smallest absolute Gasteiger partial charge is 0.332 e. The van der Waals surface area contributed by atoms with Gasteiger partial charge in [0.15, 0.2) is 0 Å². The maximum Gasteiger partial charge on any atom is 0.332 e. The van der Waals surface area contributed by atoms with E-state index in [-0.39, 0.29) is 31.0 Å². The molecule has 13 heteroatoms. The molecule has 0 aliphatic heterocycles. The molecule has 4 rings (SSSR count). The summed E-state index contributed by atoms with van der Waals surface area (Å²) in [5, 5.41) is 14.3. The Morgan fingerprint density at radius 1 is 1.26 bits per heavy atom. The summed E-state index contributed by atoms with van der Waals surface area (Å²) in [6, 6.07) is 6.45. The molecule has 42 heavy (non-hydrogen) atoms. The molecule has 0 unspecified atom stereocenters. The lowest BCUT2D eigenvalue weighted by Crippen LogP contribution is -2.47. The second kappa shape index (κ2) is 12.7. The maximum atomic E-state index is 14.4. The standard InChI is InChI=1S/C29H33FN6O5S/c1-17(2)33(5)25(37)19(4)36-26(38)24-18(3)27(35-13-8-12-32-35)42-28(24)34(29(36)39)16-23(41-14-7-11-31)21-15-20(30)9-10-22(21)40-6/h8-10,12-13,15,17,19,23H,7,14,16H2,1-6H3/t19-,23-/m0/s1. The Morgan fingerprint density at radius 2 is 2.00 bits per heavy atom. The first-order chi connectivity index (χ1) is 20.0. The van der Waals surface area contributed by atoms with Gasteiger partial charge in [0.1, 0.15) is 33.5 Å². The van der Waals surface area contributed by atoms with E-state index in [1.165, 1.54) is 53.0 Å². The average Bonchev–Trinajstić information content (AvgIpc) is 3.61. The number of rotatable bonds is 11. The molecule has 0 radical (unpaired) electrons. The minimum atomic E-state index is -1.11. The summed E-state index contributed by atoms with van der Waals surface area (Å²) in [5.41, 5.74) is -0.393. The number of ether oxygens (including phenoxy) is 2. The molecule has 11 nitrogen and oxygen atoms in total. The summed E-state index contributed by atoms with van der Waals surface area (Å²) in [6.07, 6.45) is 2.46. The molecule has 0 aliphatic carbocycles. The highest BCUT2D eigenvalue weighted by molar-refractivity contribution is 7.21. The van der Waals surface area contributed by atoms with Crippen molar-refractivity contribution in [3.8, 4) is 16.8 Å². The number of likely N-dealkylation sites (N-methyl/N-ethyl adjacent to an activating group) is 1. The fourth-order valence-electron chi connectivity index (χ4n) is 4.73. The Kier molecular flexibility index (Phi) is 9.28. The Balaban J connectivity index is 2.00. The summed E-state index contributed by atoms with van der Waals surface area (Å²) in [5.74, 6) is -0.604. The number of hydrogen-bond donors (Lipinski definition) is 0. The van der Waals surface area contributed by atoms with Crippen molar-refractivity contribution in [3.63, 3.8) is 0 Å². The summed E-state index contributed by atoms with van der Waals surface area (Å²) < 4.78 is 29.9. The number of nitriles is 1. The minimum absolute atomic E-state index is 0.00838. The molecular weight excluding hydrogens is 563 g/mol. The van der Waals surface area contributed by atoms with Gasteiger partial charge >= 0.3 is 5.69 Å². The fraction of sp³-hybridized carbons (Fsp3) is 0.414. The van der Waals surface area contributed by atoms with E-state index in [1.807, 2.05) is 19.9 Å². The van der Waals surface area contributed by atoms with Gasteiger partial charge in [-0.3, -0.25) is 14.2 Å². The van der Waals surface area contributed by atoms with Crippen LogP contribution in [0.2, 0.25) is 0 Å². The zero-order valence-electron chi connectivity index (χ0n) is 24.3. The van der Waals surface area contributed by atoms with E-state index in [9.17, 15) is 18.8 Å². The number of aryl methyl sites for hydroxylation is 1. The summed E-state index contributed by atoms with van der Waals surface area (Å²) in [7, 11) is 3.05. The van der Waals surface area contributed by atoms with Gasteiger partial charge in [-0.2, -0.15) is 10.4 Å². The van der Waals surface area contributed by atoms with Crippen LogP contribution < -0.4 is 16.0 Å². The molecule has 0 aliphatic rings. The van der Waals surface area contributed by atoms with Crippen LogP contribution in [0.25, 0.3) is 15.2 Å². The Labute approximate surface area is 245 Å². The number of carbonyl (C=O) groups excluding carboxylic acids is 1. The third kappa shape index (κ3) is 5.73. The van der Waals surface area contributed by atoms with E-state index in [2.05, 4.69) is 5.10 Å². The highest BCUT2D eigenvalue weighted by atomic mass is 32.1. The largest absolute Gasteiger partial charge is 0.496 e. The van der Waals surface area contributed by atoms with Crippen molar-refractivity contribution in [3.05, 3.63) is 74.4 Å². The predicted octanol–water partition coefficient (Wildman–Crippen LogP) is 3.97. The van der Waals surface area contributed by atoms with Crippen molar-refractivity contribution in [1.29, 1.82) is 5.26 Å². The van der Waals surface area contributed by atoms with Crippen LogP contribution >= 0.6 is 11.3 Å². The van der Waals surface area contributed by atoms with Crippen molar-refractivity contribution >= 4 is 27.5 Å². The van der Waals surface area contributed by atoms with E-state index in [0.717, 1.165) is 4.57 Å². The molecule has 3 heterocycles. The lowest BCUT2D eigenvalue weighted by molar-refractivity contribution is -0.134. The molecule has 0 N–H and O–H groups in total. The number of fused-ring (bicyclic) bond motifs is 1. The number of amides is 1. The molecule has 0 fully saturated rings. The molecular formula is C29H33FN6O5S. The number of aromatic nitrogens is 4. The molecule has 222 valence electrons. The topological polar surface area (TPSA) is 124 Å². The van der Waals surface area contributed by atoms with Gasteiger partial charge in [-0.05, 0) is 52.0 Å². The van der Waals surface area contributed by atoms with Crippen LogP contribution in [0.5, 0.6) is 5.75 Å². The van der Waals surface area contributed by atoms with Gasteiger partial charge in [0.05, 0.1) is 38.1 Å². The lowest BCUT2D eigenvalue weighted by atomic mass is 10.1. The monoisotopic (exact) mass is 596 g/mol. The number of halogens is 1. The van der Waals surface area contributed by atoms with Crippen molar-refractivity contribution in [2.45, 2.75) is 58.8 Å². The highest BCUT2D eigenvalue weighted by Gasteiger charge is 2.30. The van der Waals surface area contributed by atoms with Gasteiger partial charge in [0.2, 0.25) is 5.91 Å². The molecule has 0 saturated heterocycles. The number of nitrogens with zero attached hydrogens (tertiary/aromatic N) is 6. The molecule has 1 amide bonds. The third-order valence-electron chi connectivity index (χ3n) is 7.22. The first kappa shape index (κ1) is 30.7. The van der Waals surface area contributed by atoms with Crippen LogP contribution in [0, 0.1) is 24.1 Å². The van der Waals surface area contributed by atoms with Gasteiger partial charge in [0.25, 0.3) is 5.56 Å². The molecule has 1 aromatic carbocycles. The summed E-state index contributed by atoms with van der Waals surface area (Å²) in [6.45, 7) is 6.81. The zero-order valence-corrected chi connectivity index (χ0v) is 25.1. The molecule has 4 aromatic rings. The second-order valence-electron chi connectivity index (χ2n) is 10.1. The van der Waals surface area contributed by atoms with E-state index in [4.69, 9.17) is 14.7 Å². The van der Waals surface area contributed by atoms with Gasteiger partial charge in [-0.1, -0.05) is 11.3 Å². The first-order valence-corrected chi connectivity index (χ1v) is 14.2. The van der Waals surface area contributed by atoms with E-state index < -0.39 is 35.1 Å². The number of thiophene rings is 1. The van der Waals surface area contributed by atoms with Crippen molar-refractivity contribution in [2.24, 2.45) is 0 Å². The molecule has 0 saturated carbocycles. The maximum absolute atomic E-state index is 14.4. The fourth-order valence-corrected chi connectivity index (χ4v) is 5.98. The number of methoxy groups -OCH3 is 1. The average molecular weight is 597 g/mol. The molecule has 3 aromatic heterocycles. The quantitative estimate of drug-likeness (QED) is 0.240. The van der Waals surface area contributed by atoms with Crippen LogP contribution in [0.4, 0.5) is 4.39 Å². The Morgan fingerprint density at radius 3 is 2.62 bits per heavy atom. The SMILES string of the molecule is COc1ccc(F)cc1[C@H](Cn1c(=O)n([C@@H](C)C(=O)N(C)C(C)C)c(=O)c2c(C)c(-n3cccn3)sc21)OCCC#N. The van der Waals surface area contributed by atoms with Crippen molar-refractivity contribution < 1.29 is 18.7 Å². The van der Waals surface area contributed by atoms with Crippen LogP contribution in [0.15, 0.2) is 46.2 Å². The number of carbonyl (C=O) groups is 1. The highest BCUT2D eigenvalue weighted by Crippen LogP contribution is 2.34. The molecule has 0 bridgehead atoms. The normalized spacial score (nSPS) is 12.8. The van der Waals surface area contributed by atoms with Gasteiger partial charge < -0.3 is 14.4 Å². The van der Waals surface area contributed by atoms with Gasteiger partial charge in [-0.25, -0.2) is 18.4 Å². The Bertz CT molecular complexity index is 1750. The molecule has 0 spiro atoms. The predicted molar refractivity (Wildman–Crippen MR) is 157 cm³/mol. The molecule has 2 atom stereocenters. The Hall–Kier alpha value is -4.28. The van der Waals surface area contributed by atoms with Crippen molar-refractivity contribution in [1.82, 2.24) is 23.8 Å². The van der Waals surface area contributed by atoms with E-state index >= 15 is 0 Å². The van der Waals surface area contributed by atoms with Crippen LogP contribution in [-0.2, 0) is 16.1 Å². The van der Waals surface area contributed by atoms with Gasteiger partial charge in [0, 0.05) is 36.6 Å². The first-order valence-electron chi connectivity index (χ1n) is 13.4. The number of benzene rings is 1. The zero-order chi connectivity index (χ0) is 30.7. The van der Waals surface area contributed by atoms with Crippen LogP contribution in [-0.4, -0.2) is 56.5 Å². The summed E-state index contributed by atoms with van der Waals surface area (Å²) >= 11 is 1.20. The van der Waals surface area contributed by atoms with E-state index in [1.54, 1.807) is 37.1 Å². The lowest BCUT2D eigenvalue weighted by Gasteiger charge is -2.27. The number of hydrogen-bond acceptors (Lipinski definition) is 8. The van der Waals surface area contributed by atoms with Crippen molar-refractivity contribution in [2.75, 3.05) is 20.8 Å². The summed E-state index contributed by atoms with van der Waals surface area (Å²) in [4.78, 5) is 43.3. The van der Waals surface area contributed by atoms with E-state index in [0.29, 0.717) is 26.7 Å². The third-order valence-corrected chi connectivity index (χ3v) is 8.52.